The number of amides is 1. The summed E-state index contributed by atoms with van der Waals surface area (Å²) < 4.78 is 21.1. The second kappa shape index (κ2) is 11.9. The van der Waals surface area contributed by atoms with Crippen LogP contribution >= 0.6 is 23.2 Å². The van der Waals surface area contributed by atoms with E-state index in [2.05, 4.69) is 20.6 Å². The fourth-order valence-electron chi connectivity index (χ4n) is 4.74. The first-order chi connectivity index (χ1) is 18.9. The van der Waals surface area contributed by atoms with Gasteiger partial charge < -0.3 is 29.6 Å². The maximum Gasteiger partial charge on any atom is 0.407 e. The van der Waals surface area contributed by atoms with E-state index in [4.69, 9.17) is 42.1 Å². The highest BCUT2D eigenvalue weighted by Gasteiger charge is 2.40. The number of nitrogens with zero attached hydrogens (tertiary/aromatic N) is 2. The SMILES string of the molecule is COC(=O)C1C[C@H](NC(=O)OC(C)(C)C)[C@H](Nc2ncc3cc(-c4c(Cl)c(OC)cc(OC)c4Cl)ccc3n2)C1. The maximum absolute atomic E-state index is 12.5. The van der Waals surface area contributed by atoms with Crippen LogP contribution in [0.2, 0.25) is 10.0 Å². The molecular weight excluding hydrogens is 559 g/mol. The third-order valence-corrected chi connectivity index (χ3v) is 7.31. The second-order valence-electron chi connectivity index (χ2n) is 10.4. The van der Waals surface area contributed by atoms with Gasteiger partial charge in [-0.3, -0.25) is 4.79 Å². The van der Waals surface area contributed by atoms with Crippen LogP contribution in [0, 0.1) is 5.92 Å². The monoisotopic (exact) mass is 590 g/mol. The largest absolute Gasteiger partial charge is 0.495 e. The van der Waals surface area contributed by atoms with Gasteiger partial charge in [0.2, 0.25) is 5.95 Å². The zero-order valence-electron chi connectivity index (χ0n) is 23.1. The van der Waals surface area contributed by atoms with Crippen LogP contribution in [0.15, 0.2) is 30.5 Å². The van der Waals surface area contributed by atoms with Crippen molar-refractivity contribution < 1.29 is 28.5 Å². The summed E-state index contributed by atoms with van der Waals surface area (Å²) in [5.74, 6) is 0.500. The molecule has 40 heavy (non-hydrogen) atoms. The zero-order chi connectivity index (χ0) is 29.2. The molecule has 0 spiro atoms. The second-order valence-corrected chi connectivity index (χ2v) is 11.2. The number of anilines is 1. The number of benzene rings is 2. The first-order valence-electron chi connectivity index (χ1n) is 12.6. The Balaban J connectivity index is 1.60. The quantitative estimate of drug-likeness (QED) is 0.325. The Labute approximate surface area is 242 Å². The molecule has 0 radical (unpaired) electrons. The van der Waals surface area contributed by atoms with Gasteiger partial charge in [0.15, 0.2) is 0 Å². The van der Waals surface area contributed by atoms with E-state index >= 15 is 0 Å². The lowest BCUT2D eigenvalue weighted by molar-refractivity contribution is -0.145. The number of halogens is 2. The van der Waals surface area contributed by atoms with Crippen LogP contribution < -0.4 is 20.1 Å². The van der Waals surface area contributed by atoms with Gasteiger partial charge in [0.05, 0.1) is 54.9 Å². The Morgan fingerprint density at radius 3 is 2.23 bits per heavy atom. The molecular formula is C28H32Cl2N4O6. The fraction of sp³-hybridized carbons (Fsp3) is 0.429. The van der Waals surface area contributed by atoms with Gasteiger partial charge in [0.1, 0.15) is 17.1 Å². The van der Waals surface area contributed by atoms with Gasteiger partial charge in [-0.15, -0.1) is 0 Å². The number of esters is 1. The van der Waals surface area contributed by atoms with E-state index < -0.39 is 17.7 Å². The Bertz CT molecular complexity index is 1400. The molecule has 10 nitrogen and oxygen atoms in total. The number of aromatic nitrogens is 2. The summed E-state index contributed by atoms with van der Waals surface area (Å²) in [5.41, 5.74) is 1.32. The number of nitrogens with one attached hydrogen (secondary N) is 2. The maximum atomic E-state index is 12.5. The van der Waals surface area contributed by atoms with E-state index in [1.807, 2.05) is 18.2 Å². The molecule has 1 saturated carbocycles. The number of hydrogen-bond acceptors (Lipinski definition) is 9. The third-order valence-electron chi connectivity index (χ3n) is 6.56. The molecule has 1 heterocycles. The molecule has 2 N–H and O–H groups in total. The summed E-state index contributed by atoms with van der Waals surface area (Å²) in [7, 11) is 4.39. The number of alkyl carbamates (subject to hydrolysis) is 1. The van der Waals surface area contributed by atoms with E-state index in [0.29, 0.717) is 51.4 Å². The predicted molar refractivity (Wildman–Crippen MR) is 153 cm³/mol. The lowest BCUT2D eigenvalue weighted by atomic mass is 10.0. The number of methoxy groups -OCH3 is 3. The number of hydrogen-bond donors (Lipinski definition) is 2. The van der Waals surface area contributed by atoms with Gasteiger partial charge in [0.25, 0.3) is 0 Å². The number of carbonyl (C=O) groups excluding carboxylic acids is 2. The van der Waals surface area contributed by atoms with Crippen molar-refractivity contribution in [1.82, 2.24) is 15.3 Å². The normalized spacial score (nSPS) is 18.8. The fourth-order valence-corrected chi connectivity index (χ4v) is 5.46. The zero-order valence-corrected chi connectivity index (χ0v) is 24.6. The highest BCUT2D eigenvalue weighted by molar-refractivity contribution is 6.41. The Morgan fingerprint density at radius 2 is 1.62 bits per heavy atom. The van der Waals surface area contributed by atoms with Crippen molar-refractivity contribution in [3.05, 3.63) is 40.5 Å². The first-order valence-corrected chi connectivity index (χ1v) is 13.4. The topological polar surface area (TPSA) is 121 Å². The summed E-state index contributed by atoms with van der Waals surface area (Å²) >= 11 is 13.2. The standard InChI is InChI=1S/C28H32Cl2N4O6/c1-28(2,3)40-27(36)34-19-11-15(25(35)39-6)10-18(19)33-26-31-13-16-9-14(7-8-17(16)32-26)22-23(29)20(37-4)12-21(38-5)24(22)30/h7-9,12-13,15,18-19H,10-11H2,1-6H3,(H,34,36)(H,31,32,33)/t15?,18-,19+/m1/s1. The van der Waals surface area contributed by atoms with Crippen molar-refractivity contribution in [1.29, 1.82) is 0 Å². The highest BCUT2D eigenvalue weighted by Crippen LogP contribution is 2.46. The smallest absolute Gasteiger partial charge is 0.407 e. The predicted octanol–water partition coefficient (Wildman–Crippen LogP) is 5.88. The van der Waals surface area contributed by atoms with Crippen LogP contribution in [0.25, 0.3) is 22.0 Å². The minimum atomic E-state index is -0.655. The summed E-state index contributed by atoms with van der Waals surface area (Å²) in [6.45, 7) is 5.36. The molecule has 12 heteroatoms. The number of ether oxygens (including phenoxy) is 4. The van der Waals surface area contributed by atoms with Crippen LogP contribution in [0.5, 0.6) is 11.5 Å². The summed E-state index contributed by atoms with van der Waals surface area (Å²) in [6, 6.07) is 6.47. The number of rotatable bonds is 7. The van der Waals surface area contributed by atoms with Crippen LogP contribution in [-0.2, 0) is 14.3 Å². The average Bonchev–Trinajstić information content (AvgIpc) is 3.29. The Morgan fingerprint density at radius 1 is 0.975 bits per heavy atom. The molecule has 3 atom stereocenters. The molecule has 214 valence electrons. The van der Waals surface area contributed by atoms with Crippen molar-refractivity contribution in [3.8, 4) is 22.6 Å². The van der Waals surface area contributed by atoms with Gasteiger partial charge in [-0.05, 0) is 51.3 Å². The first kappa shape index (κ1) is 29.5. The van der Waals surface area contributed by atoms with E-state index in [9.17, 15) is 9.59 Å². The molecule has 0 aliphatic heterocycles. The van der Waals surface area contributed by atoms with E-state index in [1.54, 1.807) is 33.0 Å². The van der Waals surface area contributed by atoms with Gasteiger partial charge in [0, 0.05) is 23.2 Å². The lowest BCUT2D eigenvalue weighted by Gasteiger charge is -2.25. The summed E-state index contributed by atoms with van der Waals surface area (Å²) in [6.07, 6.45) is 1.94. The molecule has 1 aliphatic carbocycles. The van der Waals surface area contributed by atoms with E-state index in [-0.39, 0.29) is 17.9 Å². The van der Waals surface area contributed by atoms with Gasteiger partial charge in [-0.2, -0.15) is 0 Å². The minimum Gasteiger partial charge on any atom is -0.495 e. The third kappa shape index (κ3) is 6.45. The number of fused-ring (bicyclic) bond motifs is 1. The molecule has 1 aliphatic rings. The van der Waals surface area contributed by atoms with E-state index in [1.165, 1.54) is 21.3 Å². The molecule has 0 bridgehead atoms. The highest BCUT2D eigenvalue weighted by atomic mass is 35.5. The molecule has 1 fully saturated rings. The molecule has 1 amide bonds. The van der Waals surface area contributed by atoms with Crippen LogP contribution in [-0.4, -0.2) is 61.0 Å². The van der Waals surface area contributed by atoms with Crippen molar-refractivity contribution in [3.63, 3.8) is 0 Å². The molecule has 3 aromatic rings. The average molecular weight is 591 g/mol. The van der Waals surface area contributed by atoms with E-state index in [0.717, 1.165) is 10.9 Å². The Hall–Kier alpha value is -3.50. The molecule has 4 rings (SSSR count). The molecule has 1 aromatic heterocycles. The van der Waals surface area contributed by atoms with Crippen molar-refractivity contribution in [2.24, 2.45) is 5.92 Å². The van der Waals surface area contributed by atoms with Crippen molar-refractivity contribution in [2.75, 3.05) is 26.6 Å². The van der Waals surface area contributed by atoms with Gasteiger partial charge in [-0.25, -0.2) is 14.8 Å². The summed E-state index contributed by atoms with van der Waals surface area (Å²) in [5, 5.41) is 7.62. The molecule has 2 aromatic carbocycles. The van der Waals surface area contributed by atoms with Crippen molar-refractivity contribution in [2.45, 2.75) is 51.3 Å². The Kier molecular flexibility index (Phi) is 8.80. The van der Waals surface area contributed by atoms with Crippen LogP contribution in [0.4, 0.5) is 10.7 Å². The summed E-state index contributed by atoms with van der Waals surface area (Å²) in [4.78, 5) is 33.9. The van der Waals surface area contributed by atoms with Crippen molar-refractivity contribution >= 4 is 52.1 Å². The molecule has 0 saturated heterocycles. The minimum absolute atomic E-state index is 0.324. The van der Waals surface area contributed by atoms with Gasteiger partial charge in [-0.1, -0.05) is 29.3 Å². The van der Waals surface area contributed by atoms with Crippen LogP contribution in [0.1, 0.15) is 33.6 Å². The lowest BCUT2D eigenvalue weighted by Crippen LogP contribution is -2.45. The van der Waals surface area contributed by atoms with Gasteiger partial charge >= 0.3 is 12.1 Å². The number of carbonyl (C=O) groups is 2. The molecule has 1 unspecified atom stereocenters. The van der Waals surface area contributed by atoms with Crippen LogP contribution in [0.3, 0.4) is 0 Å².